The number of nitro groups is 1. The topological polar surface area (TPSA) is 75.4 Å². The summed E-state index contributed by atoms with van der Waals surface area (Å²) in [5.41, 5.74) is 1.90. The average molecular weight is 327 g/mol. The Morgan fingerprint density at radius 3 is 2.92 bits per heavy atom. The van der Waals surface area contributed by atoms with Gasteiger partial charge in [-0.3, -0.25) is 15.0 Å². The number of likely N-dealkylation sites (N-methyl/N-ethyl adjacent to an activating group) is 1. The predicted molar refractivity (Wildman–Crippen MR) is 92.0 cm³/mol. The Hall–Kier alpha value is -2.54. The zero-order valence-electron chi connectivity index (χ0n) is 13.9. The van der Waals surface area contributed by atoms with Crippen LogP contribution in [0.2, 0.25) is 0 Å². The summed E-state index contributed by atoms with van der Waals surface area (Å²) < 4.78 is 0. The molecular weight excluding hydrogens is 306 g/mol. The summed E-state index contributed by atoms with van der Waals surface area (Å²) >= 11 is 0. The van der Waals surface area contributed by atoms with Crippen LogP contribution in [-0.4, -0.2) is 46.0 Å². The van der Waals surface area contributed by atoms with Gasteiger partial charge < -0.3 is 4.90 Å². The number of anilines is 1. The molecule has 1 fully saturated rings. The number of nitro benzene ring substituents is 1. The first-order valence-corrected chi connectivity index (χ1v) is 8.01. The Kier molecular flexibility index (Phi) is 4.71. The first-order chi connectivity index (χ1) is 11.5. The minimum atomic E-state index is -0.310. The Balaban J connectivity index is 1.67. The van der Waals surface area contributed by atoms with E-state index in [1.165, 1.54) is 0 Å². The molecule has 24 heavy (non-hydrogen) atoms. The van der Waals surface area contributed by atoms with Crippen LogP contribution in [-0.2, 0) is 6.54 Å². The smallest absolute Gasteiger partial charge is 0.273 e. The molecule has 0 N–H and O–H groups in total. The molecule has 1 aliphatic heterocycles. The fourth-order valence-electron chi connectivity index (χ4n) is 3.10. The van der Waals surface area contributed by atoms with E-state index < -0.39 is 0 Å². The lowest BCUT2D eigenvalue weighted by atomic mass is 10.1. The second-order valence-corrected chi connectivity index (χ2v) is 6.17. The molecule has 0 spiro atoms. The van der Waals surface area contributed by atoms with Crippen molar-refractivity contribution in [1.29, 1.82) is 0 Å². The molecule has 1 aromatic heterocycles. The second-order valence-electron chi connectivity index (χ2n) is 6.17. The standard InChI is InChI=1S/C17H21N5O2/c1-13-7-9-18-17(19-13)20(2)15-8-10-21(12-15)11-14-5-3-4-6-16(14)22(23)24/h3-7,9,15H,8,10-12H2,1-2H3. The molecule has 7 nitrogen and oxygen atoms in total. The normalized spacial score (nSPS) is 17.8. The molecule has 0 bridgehead atoms. The molecule has 0 amide bonds. The molecule has 7 heteroatoms. The van der Waals surface area contributed by atoms with Crippen molar-refractivity contribution in [3.05, 3.63) is 57.9 Å². The number of rotatable bonds is 5. The van der Waals surface area contributed by atoms with Crippen molar-refractivity contribution in [3.8, 4) is 0 Å². The third-order valence-corrected chi connectivity index (χ3v) is 4.48. The largest absolute Gasteiger partial charge is 0.340 e. The third kappa shape index (κ3) is 3.51. The highest BCUT2D eigenvalue weighted by Gasteiger charge is 2.28. The number of likely N-dealkylation sites (tertiary alicyclic amines) is 1. The summed E-state index contributed by atoms with van der Waals surface area (Å²) in [6.07, 6.45) is 2.77. The Morgan fingerprint density at radius 1 is 1.38 bits per heavy atom. The lowest BCUT2D eigenvalue weighted by molar-refractivity contribution is -0.385. The fourth-order valence-corrected chi connectivity index (χ4v) is 3.10. The van der Waals surface area contributed by atoms with Crippen molar-refractivity contribution >= 4 is 11.6 Å². The van der Waals surface area contributed by atoms with E-state index in [0.29, 0.717) is 12.6 Å². The number of aromatic nitrogens is 2. The summed E-state index contributed by atoms with van der Waals surface area (Å²) in [5.74, 6) is 0.729. The number of benzene rings is 1. The van der Waals surface area contributed by atoms with E-state index in [2.05, 4.69) is 19.8 Å². The summed E-state index contributed by atoms with van der Waals surface area (Å²) in [4.78, 5) is 24.0. The molecule has 1 aromatic carbocycles. The number of hydrogen-bond donors (Lipinski definition) is 0. The monoisotopic (exact) mass is 327 g/mol. The molecule has 0 saturated carbocycles. The van der Waals surface area contributed by atoms with Gasteiger partial charge in [-0.25, -0.2) is 9.97 Å². The molecule has 1 atom stereocenters. The quantitative estimate of drug-likeness (QED) is 0.620. The summed E-state index contributed by atoms with van der Waals surface area (Å²) in [7, 11) is 2.01. The molecule has 126 valence electrons. The Bertz CT molecular complexity index is 736. The van der Waals surface area contributed by atoms with Gasteiger partial charge in [-0.1, -0.05) is 18.2 Å². The van der Waals surface area contributed by atoms with Crippen molar-refractivity contribution < 1.29 is 4.92 Å². The van der Waals surface area contributed by atoms with Crippen molar-refractivity contribution in [2.45, 2.75) is 25.9 Å². The number of aryl methyl sites for hydroxylation is 1. The predicted octanol–water partition coefficient (Wildman–Crippen LogP) is 2.40. The first kappa shape index (κ1) is 16.3. The lowest BCUT2D eigenvalue weighted by Gasteiger charge is -2.25. The van der Waals surface area contributed by atoms with Crippen LogP contribution in [0.4, 0.5) is 11.6 Å². The molecule has 1 unspecified atom stereocenters. The first-order valence-electron chi connectivity index (χ1n) is 8.01. The fraction of sp³-hybridized carbons (Fsp3) is 0.412. The highest BCUT2D eigenvalue weighted by atomic mass is 16.6. The van der Waals surface area contributed by atoms with E-state index in [0.717, 1.165) is 36.7 Å². The van der Waals surface area contributed by atoms with E-state index in [4.69, 9.17) is 0 Å². The summed E-state index contributed by atoms with van der Waals surface area (Å²) in [5, 5.41) is 11.1. The van der Waals surface area contributed by atoms with Crippen molar-refractivity contribution in [3.63, 3.8) is 0 Å². The second kappa shape index (κ2) is 6.92. The minimum absolute atomic E-state index is 0.191. The van der Waals surface area contributed by atoms with Crippen LogP contribution < -0.4 is 4.90 Å². The zero-order valence-corrected chi connectivity index (χ0v) is 13.9. The van der Waals surface area contributed by atoms with Gasteiger partial charge in [-0.2, -0.15) is 0 Å². The van der Waals surface area contributed by atoms with Crippen molar-refractivity contribution in [2.24, 2.45) is 0 Å². The number of hydrogen-bond acceptors (Lipinski definition) is 6. The molecule has 2 aromatic rings. The van der Waals surface area contributed by atoms with E-state index >= 15 is 0 Å². The SMILES string of the molecule is Cc1ccnc(N(C)C2CCN(Cc3ccccc3[N+](=O)[O-])C2)n1. The van der Waals surface area contributed by atoms with Gasteiger partial charge in [0.2, 0.25) is 5.95 Å². The van der Waals surface area contributed by atoms with Crippen LogP contribution in [0, 0.1) is 17.0 Å². The third-order valence-electron chi connectivity index (χ3n) is 4.48. The molecule has 2 heterocycles. The van der Waals surface area contributed by atoms with Gasteiger partial charge in [-0.05, 0) is 19.4 Å². The van der Waals surface area contributed by atoms with E-state index in [-0.39, 0.29) is 10.6 Å². The van der Waals surface area contributed by atoms with Gasteiger partial charge >= 0.3 is 0 Å². The van der Waals surface area contributed by atoms with Crippen LogP contribution in [0.3, 0.4) is 0 Å². The van der Waals surface area contributed by atoms with Crippen LogP contribution in [0.15, 0.2) is 36.5 Å². The maximum absolute atomic E-state index is 11.1. The van der Waals surface area contributed by atoms with E-state index in [1.54, 1.807) is 18.3 Å². The highest BCUT2D eigenvalue weighted by Crippen LogP contribution is 2.24. The van der Waals surface area contributed by atoms with Crippen LogP contribution >= 0.6 is 0 Å². The van der Waals surface area contributed by atoms with Gasteiger partial charge in [0, 0.05) is 56.2 Å². The van der Waals surface area contributed by atoms with Crippen LogP contribution in [0.5, 0.6) is 0 Å². The van der Waals surface area contributed by atoms with Crippen LogP contribution in [0.1, 0.15) is 17.7 Å². The molecule has 0 radical (unpaired) electrons. The highest BCUT2D eigenvalue weighted by molar-refractivity contribution is 5.40. The van der Waals surface area contributed by atoms with Crippen molar-refractivity contribution in [1.82, 2.24) is 14.9 Å². The lowest BCUT2D eigenvalue weighted by Crippen LogP contribution is -2.35. The van der Waals surface area contributed by atoms with E-state index in [1.807, 2.05) is 32.2 Å². The average Bonchev–Trinajstić information content (AvgIpc) is 3.03. The Labute approximate surface area is 141 Å². The maximum Gasteiger partial charge on any atom is 0.273 e. The zero-order chi connectivity index (χ0) is 17.1. The van der Waals surface area contributed by atoms with Crippen molar-refractivity contribution in [2.75, 3.05) is 25.0 Å². The summed E-state index contributed by atoms with van der Waals surface area (Å²) in [6.45, 7) is 4.30. The number of para-hydroxylation sites is 1. The number of nitrogens with zero attached hydrogens (tertiary/aromatic N) is 5. The minimum Gasteiger partial charge on any atom is -0.340 e. The maximum atomic E-state index is 11.1. The van der Waals surface area contributed by atoms with E-state index in [9.17, 15) is 10.1 Å². The molecule has 1 saturated heterocycles. The molecule has 3 rings (SSSR count). The van der Waals surface area contributed by atoms with Gasteiger partial charge in [0.05, 0.1) is 4.92 Å². The van der Waals surface area contributed by atoms with Gasteiger partial charge in [0.25, 0.3) is 5.69 Å². The molecular formula is C17H21N5O2. The van der Waals surface area contributed by atoms with Gasteiger partial charge in [0.1, 0.15) is 0 Å². The summed E-state index contributed by atoms with van der Waals surface area (Å²) in [6, 6.07) is 9.15. The Morgan fingerprint density at radius 2 is 2.17 bits per heavy atom. The van der Waals surface area contributed by atoms with Gasteiger partial charge in [0.15, 0.2) is 0 Å². The molecule has 1 aliphatic rings. The van der Waals surface area contributed by atoms with Crippen LogP contribution in [0.25, 0.3) is 0 Å². The molecule has 0 aliphatic carbocycles. The van der Waals surface area contributed by atoms with Gasteiger partial charge in [-0.15, -0.1) is 0 Å².